The van der Waals surface area contributed by atoms with Gasteiger partial charge in [-0.05, 0) is 31.9 Å². The maximum atomic E-state index is 12.1. The van der Waals surface area contributed by atoms with Crippen LogP contribution >= 0.6 is 0 Å². The molecule has 0 bridgehead atoms. The second-order valence-corrected chi connectivity index (χ2v) is 6.59. The van der Waals surface area contributed by atoms with Crippen LogP contribution in [0.3, 0.4) is 0 Å². The third-order valence-electron chi connectivity index (χ3n) is 2.95. The minimum atomic E-state index is -3.52. The molecular weight excluding hydrogens is 280 g/mol. The van der Waals surface area contributed by atoms with Crippen LogP contribution in [0.2, 0.25) is 0 Å². The van der Waals surface area contributed by atoms with E-state index in [1.807, 2.05) is 6.92 Å². The number of rotatable bonds is 6. The molecule has 3 N–H and O–H groups in total. The molecule has 1 aromatic rings. The fourth-order valence-electron chi connectivity index (χ4n) is 1.90. The average Bonchev–Trinajstić information content (AvgIpc) is 2.43. The smallest absolute Gasteiger partial charge is 0.240 e. The Morgan fingerprint density at radius 2 is 2.00 bits per heavy atom. The molecule has 6 nitrogen and oxygen atoms in total. The summed E-state index contributed by atoms with van der Waals surface area (Å²) in [7, 11) is -3.52. The van der Waals surface area contributed by atoms with Crippen molar-refractivity contribution >= 4 is 10.0 Å². The molecule has 7 heteroatoms. The summed E-state index contributed by atoms with van der Waals surface area (Å²) < 4.78 is 37.6. The van der Waals surface area contributed by atoms with Crippen LogP contribution in [-0.4, -0.2) is 34.2 Å². The van der Waals surface area contributed by atoms with Gasteiger partial charge < -0.3 is 15.2 Å². The summed E-state index contributed by atoms with van der Waals surface area (Å²) in [6.45, 7) is 3.18. The fourth-order valence-corrected chi connectivity index (χ4v) is 2.99. The minimum Gasteiger partial charge on any atom is -0.486 e. The Kier molecular flexibility index (Phi) is 4.85. The number of benzene rings is 1. The molecule has 0 saturated heterocycles. The highest BCUT2D eigenvalue weighted by Gasteiger charge is 2.18. The lowest BCUT2D eigenvalue weighted by atomic mass is 10.2. The second kappa shape index (κ2) is 6.43. The van der Waals surface area contributed by atoms with Gasteiger partial charge in [-0.25, -0.2) is 13.1 Å². The molecule has 0 aliphatic carbocycles. The minimum absolute atomic E-state index is 0.0776. The zero-order chi connectivity index (χ0) is 14.6. The summed E-state index contributed by atoms with van der Waals surface area (Å²) in [5.74, 6) is 1.04. The van der Waals surface area contributed by atoms with Crippen molar-refractivity contribution < 1.29 is 17.9 Å². The van der Waals surface area contributed by atoms with Gasteiger partial charge in [0, 0.05) is 18.7 Å². The van der Waals surface area contributed by atoms with E-state index in [2.05, 4.69) is 4.72 Å². The Bertz CT molecular complexity index is 557. The molecule has 0 fully saturated rings. The normalized spacial score (nSPS) is 15.9. The molecule has 1 aromatic carbocycles. The van der Waals surface area contributed by atoms with Crippen molar-refractivity contribution in [2.45, 2.75) is 30.7 Å². The zero-order valence-corrected chi connectivity index (χ0v) is 12.3. The lowest BCUT2D eigenvalue weighted by Gasteiger charge is -2.19. The monoisotopic (exact) mass is 300 g/mol. The second-order valence-electron chi connectivity index (χ2n) is 4.82. The zero-order valence-electron chi connectivity index (χ0n) is 11.5. The number of nitrogens with two attached hydrogens (primary N) is 1. The van der Waals surface area contributed by atoms with Crippen LogP contribution in [0.25, 0.3) is 0 Å². The van der Waals surface area contributed by atoms with E-state index in [1.54, 1.807) is 6.07 Å². The SMILES string of the molecule is CC(N)CCCNS(=O)(=O)c1ccc2c(c1)OCCO2. The van der Waals surface area contributed by atoms with Gasteiger partial charge in [-0.3, -0.25) is 0 Å². The molecule has 0 amide bonds. The van der Waals surface area contributed by atoms with Gasteiger partial charge in [-0.2, -0.15) is 0 Å². The first-order valence-corrected chi connectivity index (χ1v) is 8.12. The molecule has 1 aliphatic heterocycles. The molecule has 20 heavy (non-hydrogen) atoms. The highest BCUT2D eigenvalue weighted by atomic mass is 32.2. The van der Waals surface area contributed by atoms with Gasteiger partial charge in [0.2, 0.25) is 10.0 Å². The van der Waals surface area contributed by atoms with Gasteiger partial charge in [0.1, 0.15) is 13.2 Å². The van der Waals surface area contributed by atoms with Gasteiger partial charge in [0.05, 0.1) is 4.90 Å². The van der Waals surface area contributed by atoms with E-state index in [1.165, 1.54) is 12.1 Å². The van der Waals surface area contributed by atoms with Gasteiger partial charge in [0.15, 0.2) is 11.5 Å². The summed E-state index contributed by atoms with van der Waals surface area (Å²) >= 11 is 0. The standard InChI is InChI=1S/C13H20N2O4S/c1-10(14)3-2-6-15-20(16,17)11-4-5-12-13(9-11)19-8-7-18-12/h4-5,9-10,15H,2-3,6-8,14H2,1H3. The summed E-state index contributed by atoms with van der Waals surface area (Å²) in [6.07, 6.45) is 1.49. The quantitative estimate of drug-likeness (QED) is 0.761. The molecule has 1 atom stereocenters. The summed E-state index contributed by atoms with van der Waals surface area (Å²) in [5, 5.41) is 0. The van der Waals surface area contributed by atoms with E-state index in [-0.39, 0.29) is 10.9 Å². The first-order valence-electron chi connectivity index (χ1n) is 6.64. The first kappa shape index (κ1) is 15.1. The predicted molar refractivity (Wildman–Crippen MR) is 75.5 cm³/mol. The van der Waals surface area contributed by atoms with Crippen molar-refractivity contribution in [3.05, 3.63) is 18.2 Å². The highest BCUT2D eigenvalue weighted by molar-refractivity contribution is 7.89. The van der Waals surface area contributed by atoms with Crippen LogP contribution in [-0.2, 0) is 10.0 Å². The number of fused-ring (bicyclic) bond motifs is 1. The van der Waals surface area contributed by atoms with Crippen molar-refractivity contribution in [1.82, 2.24) is 4.72 Å². The Labute approximate surface area is 119 Å². The molecule has 1 heterocycles. The van der Waals surface area contributed by atoms with Crippen LogP contribution < -0.4 is 19.9 Å². The van der Waals surface area contributed by atoms with Crippen molar-refractivity contribution in [3.63, 3.8) is 0 Å². The number of ether oxygens (including phenoxy) is 2. The Morgan fingerprint density at radius 3 is 2.70 bits per heavy atom. The molecule has 2 rings (SSSR count). The van der Waals surface area contributed by atoms with E-state index < -0.39 is 10.0 Å². The first-order chi connectivity index (χ1) is 9.49. The van der Waals surface area contributed by atoms with Crippen LogP contribution in [0, 0.1) is 0 Å². The molecular formula is C13H20N2O4S. The number of hydrogen-bond donors (Lipinski definition) is 2. The number of sulfonamides is 1. The van der Waals surface area contributed by atoms with Gasteiger partial charge >= 0.3 is 0 Å². The number of nitrogens with one attached hydrogen (secondary N) is 1. The van der Waals surface area contributed by atoms with E-state index in [4.69, 9.17) is 15.2 Å². The molecule has 1 unspecified atom stereocenters. The lowest BCUT2D eigenvalue weighted by molar-refractivity contribution is 0.171. The van der Waals surface area contributed by atoms with Crippen molar-refractivity contribution in [2.24, 2.45) is 5.73 Å². The summed E-state index contributed by atoms with van der Waals surface area (Å²) in [4.78, 5) is 0.183. The van der Waals surface area contributed by atoms with Crippen LogP contribution in [0.15, 0.2) is 23.1 Å². The molecule has 1 aliphatic rings. The summed E-state index contributed by atoms with van der Waals surface area (Å²) in [5.41, 5.74) is 5.62. The molecule has 0 saturated carbocycles. The van der Waals surface area contributed by atoms with E-state index in [9.17, 15) is 8.42 Å². The van der Waals surface area contributed by atoms with E-state index in [0.717, 1.165) is 6.42 Å². The maximum absolute atomic E-state index is 12.1. The molecule has 0 spiro atoms. The fraction of sp³-hybridized carbons (Fsp3) is 0.538. The Balaban J connectivity index is 2.02. The van der Waals surface area contributed by atoms with E-state index in [0.29, 0.717) is 37.7 Å². The van der Waals surface area contributed by atoms with Crippen molar-refractivity contribution in [1.29, 1.82) is 0 Å². The van der Waals surface area contributed by atoms with Crippen LogP contribution in [0.1, 0.15) is 19.8 Å². The topological polar surface area (TPSA) is 90.7 Å². The Hall–Kier alpha value is -1.31. The number of hydrogen-bond acceptors (Lipinski definition) is 5. The Morgan fingerprint density at radius 1 is 1.30 bits per heavy atom. The van der Waals surface area contributed by atoms with Crippen molar-refractivity contribution in [3.8, 4) is 11.5 Å². The summed E-state index contributed by atoms with van der Waals surface area (Å²) in [6, 6.07) is 4.70. The molecule has 0 aromatic heterocycles. The average molecular weight is 300 g/mol. The third kappa shape index (κ3) is 3.84. The predicted octanol–water partition coefficient (Wildman–Crippen LogP) is 0.863. The lowest BCUT2D eigenvalue weighted by Crippen LogP contribution is -2.26. The molecule has 0 radical (unpaired) electrons. The van der Waals surface area contributed by atoms with E-state index >= 15 is 0 Å². The van der Waals surface area contributed by atoms with Gasteiger partial charge in [-0.1, -0.05) is 0 Å². The van der Waals surface area contributed by atoms with Crippen molar-refractivity contribution in [2.75, 3.05) is 19.8 Å². The van der Waals surface area contributed by atoms with Crippen LogP contribution in [0.5, 0.6) is 11.5 Å². The highest BCUT2D eigenvalue weighted by Crippen LogP contribution is 2.32. The largest absolute Gasteiger partial charge is 0.486 e. The van der Waals surface area contributed by atoms with Crippen LogP contribution in [0.4, 0.5) is 0 Å². The van der Waals surface area contributed by atoms with Gasteiger partial charge in [-0.15, -0.1) is 0 Å². The third-order valence-corrected chi connectivity index (χ3v) is 4.41. The van der Waals surface area contributed by atoms with Gasteiger partial charge in [0.25, 0.3) is 0 Å². The maximum Gasteiger partial charge on any atom is 0.240 e. The molecule has 112 valence electrons.